The molecule has 0 bridgehead atoms. The lowest BCUT2D eigenvalue weighted by Crippen LogP contribution is -2.30. The van der Waals surface area contributed by atoms with Crippen LogP contribution in [-0.2, 0) is 11.1 Å². The van der Waals surface area contributed by atoms with Crippen molar-refractivity contribution in [2.24, 2.45) is 0 Å². The number of fused-ring (bicyclic) bond motifs is 2. The molecule has 0 spiro atoms. The lowest BCUT2D eigenvalue weighted by atomic mass is 10.1. The van der Waals surface area contributed by atoms with Crippen molar-refractivity contribution in [3.8, 4) is 0 Å². The molecule has 0 aliphatic heterocycles. The highest BCUT2D eigenvalue weighted by atomic mass is 32.1. The van der Waals surface area contributed by atoms with Crippen LogP contribution in [0.2, 0.25) is 0 Å². The maximum absolute atomic E-state index is 11.9. The number of hydrogen-bond acceptors (Lipinski definition) is 10. The van der Waals surface area contributed by atoms with Gasteiger partial charge in [-0.05, 0) is 48.5 Å². The topological polar surface area (TPSA) is 148 Å². The molecule has 0 aromatic carbocycles. The van der Waals surface area contributed by atoms with Gasteiger partial charge in [-0.25, -0.2) is 19.9 Å². The molecule has 0 atom stereocenters. The molecule has 0 amide bonds. The summed E-state index contributed by atoms with van der Waals surface area (Å²) in [6.07, 6.45) is 1.38. The zero-order chi connectivity index (χ0) is 23.3. The minimum atomic E-state index is -0.303. The summed E-state index contributed by atoms with van der Waals surface area (Å²) in [5.41, 5.74) is 12.1. The quantitative estimate of drug-likeness (QED) is 0.391. The van der Waals surface area contributed by atoms with Crippen molar-refractivity contribution in [3.63, 3.8) is 0 Å². The number of anilines is 2. The Hall–Kier alpha value is -2.86. The first-order chi connectivity index (χ1) is 14.2. The second-order valence-corrected chi connectivity index (χ2v) is 10.9. The van der Waals surface area contributed by atoms with Crippen molar-refractivity contribution in [1.82, 2.24) is 29.1 Å². The minimum Gasteiger partial charge on any atom is -0.382 e. The van der Waals surface area contributed by atoms with Gasteiger partial charge in [0.2, 0.25) is 0 Å². The van der Waals surface area contributed by atoms with Crippen LogP contribution in [0.15, 0.2) is 15.9 Å². The minimum absolute atomic E-state index is 0. The highest BCUT2D eigenvalue weighted by molar-refractivity contribution is 7.17. The fourth-order valence-electron chi connectivity index (χ4n) is 3.07. The van der Waals surface area contributed by atoms with E-state index in [1.54, 1.807) is 16.1 Å². The van der Waals surface area contributed by atoms with E-state index in [0.717, 1.165) is 22.7 Å². The van der Waals surface area contributed by atoms with Gasteiger partial charge in [-0.2, -0.15) is 0 Å². The summed E-state index contributed by atoms with van der Waals surface area (Å²) >= 11 is 2.19. The molecule has 4 rings (SSSR count). The van der Waals surface area contributed by atoms with Crippen LogP contribution < -0.4 is 21.2 Å². The van der Waals surface area contributed by atoms with Gasteiger partial charge in [0.1, 0.15) is 33.2 Å². The van der Waals surface area contributed by atoms with Gasteiger partial charge in [0.15, 0.2) is 11.3 Å². The van der Waals surface area contributed by atoms with Crippen molar-refractivity contribution in [2.75, 3.05) is 11.5 Å². The molecule has 12 heteroatoms. The van der Waals surface area contributed by atoms with Crippen LogP contribution in [0, 0.1) is 6.92 Å². The first kappa shape index (κ1) is 25.4. The van der Waals surface area contributed by atoms with E-state index in [1.807, 2.05) is 41.5 Å². The third-order valence-electron chi connectivity index (χ3n) is 4.31. The van der Waals surface area contributed by atoms with Crippen molar-refractivity contribution < 1.29 is 0 Å². The van der Waals surface area contributed by atoms with Crippen molar-refractivity contribution >= 4 is 55.0 Å². The Bertz CT molecular complexity index is 1380. The van der Waals surface area contributed by atoms with E-state index in [0.29, 0.717) is 38.2 Å². The van der Waals surface area contributed by atoms with Gasteiger partial charge in [-0.3, -0.25) is 18.7 Å². The number of aryl methyl sites for hydroxylation is 1. The Labute approximate surface area is 194 Å². The first-order valence-corrected chi connectivity index (χ1v) is 11.1. The van der Waals surface area contributed by atoms with E-state index in [4.69, 9.17) is 11.5 Å². The molecule has 4 aromatic rings. The predicted octanol–water partition coefficient (Wildman–Crippen LogP) is 3.32. The summed E-state index contributed by atoms with van der Waals surface area (Å²) in [6, 6.07) is 0. The summed E-state index contributed by atoms with van der Waals surface area (Å²) in [4.78, 5) is 40.0. The Kier molecular flexibility index (Phi) is 6.81. The van der Waals surface area contributed by atoms with Gasteiger partial charge in [-0.15, -0.1) is 0 Å². The van der Waals surface area contributed by atoms with E-state index < -0.39 is 0 Å². The van der Waals surface area contributed by atoms with Gasteiger partial charge >= 0.3 is 9.75 Å². The number of thiazole rings is 2. The standard InChI is InChI=1S/C10H14N4OS.C9H12N4OS.CH4/c1-5-12-7(11)6-8(13-5)14(9(15)16-6)10(2,3)4;1-9(2,3)13-7-5(15-8(13)14)6(10)11-4-12-7;/h1-4H3,(H2,11,12,13);4H,1-3H3,(H2,10,11,12);1H4. The van der Waals surface area contributed by atoms with Crippen LogP contribution in [0.25, 0.3) is 20.7 Å². The molecule has 0 saturated carbocycles. The Morgan fingerprint density at radius 3 is 1.75 bits per heavy atom. The second kappa shape index (κ2) is 8.58. The highest BCUT2D eigenvalue weighted by Crippen LogP contribution is 2.26. The molecule has 32 heavy (non-hydrogen) atoms. The average molecular weight is 479 g/mol. The number of aromatic nitrogens is 6. The largest absolute Gasteiger partial charge is 0.382 e. The van der Waals surface area contributed by atoms with Crippen LogP contribution in [0.4, 0.5) is 11.6 Å². The third-order valence-corrected chi connectivity index (χ3v) is 6.21. The zero-order valence-electron chi connectivity index (χ0n) is 18.5. The van der Waals surface area contributed by atoms with Crippen LogP contribution >= 0.6 is 22.7 Å². The highest BCUT2D eigenvalue weighted by Gasteiger charge is 2.23. The fraction of sp³-hybridized carbons (Fsp3) is 0.500. The Morgan fingerprint density at radius 1 is 0.781 bits per heavy atom. The van der Waals surface area contributed by atoms with E-state index in [2.05, 4.69) is 19.9 Å². The van der Waals surface area contributed by atoms with Crippen molar-refractivity contribution in [2.45, 2.75) is 67.0 Å². The summed E-state index contributed by atoms with van der Waals surface area (Å²) in [7, 11) is 0. The molecule has 0 aliphatic carbocycles. The molecule has 4 N–H and O–H groups in total. The average Bonchev–Trinajstić information content (AvgIpc) is 3.12. The molecule has 0 unspecified atom stereocenters. The van der Waals surface area contributed by atoms with Crippen molar-refractivity contribution in [3.05, 3.63) is 31.5 Å². The third kappa shape index (κ3) is 4.65. The van der Waals surface area contributed by atoms with Crippen LogP contribution in [-0.4, -0.2) is 29.1 Å². The summed E-state index contributed by atoms with van der Waals surface area (Å²) < 4.78 is 4.64. The smallest absolute Gasteiger partial charge is 0.309 e. The zero-order valence-corrected chi connectivity index (χ0v) is 20.2. The number of nitrogen functional groups attached to an aromatic ring is 2. The number of nitrogens with zero attached hydrogens (tertiary/aromatic N) is 6. The molecule has 0 radical (unpaired) electrons. The Morgan fingerprint density at radius 2 is 1.25 bits per heavy atom. The van der Waals surface area contributed by atoms with E-state index >= 15 is 0 Å². The molecule has 174 valence electrons. The van der Waals surface area contributed by atoms with Gasteiger partial charge < -0.3 is 11.5 Å². The predicted molar refractivity (Wildman–Crippen MR) is 134 cm³/mol. The van der Waals surface area contributed by atoms with E-state index in [9.17, 15) is 9.59 Å². The number of hydrogen-bond donors (Lipinski definition) is 2. The molecule has 4 aromatic heterocycles. The monoisotopic (exact) mass is 478 g/mol. The fourth-order valence-corrected chi connectivity index (χ4v) is 5.10. The van der Waals surface area contributed by atoms with Crippen LogP contribution in [0.1, 0.15) is 54.8 Å². The van der Waals surface area contributed by atoms with Gasteiger partial charge in [0.05, 0.1) is 0 Å². The van der Waals surface area contributed by atoms with E-state index in [-0.39, 0.29) is 28.3 Å². The van der Waals surface area contributed by atoms with Gasteiger partial charge in [0.25, 0.3) is 0 Å². The SMILES string of the molecule is C.CC(C)(C)n1c(=O)sc2c(N)ncnc21.Cc1nc(N)c2sc(=O)n(C(C)(C)C)c2n1. The van der Waals surface area contributed by atoms with Crippen LogP contribution in [0.3, 0.4) is 0 Å². The maximum Gasteiger partial charge on any atom is 0.309 e. The molecule has 4 heterocycles. The normalized spacial score (nSPS) is 11.8. The lowest BCUT2D eigenvalue weighted by molar-refractivity contribution is 0.401. The van der Waals surface area contributed by atoms with Crippen LogP contribution in [0.5, 0.6) is 0 Å². The maximum atomic E-state index is 11.9. The summed E-state index contributed by atoms with van der Waals surface area (Å²) in [5.74, 6) is 1.33. The molecular formula is C20H30N8O2S2. The first-order valence-electron chi connectivity index (χ1n) is 9.50. The van der Waals surface area contributed by atoms with Gasteiger partial charge in [-0.1, -0.05) is 30.1 Å². The van der Waals surface area contributed by atoms with Gasteiger partial charge in [0, 0.05) is 11.1 Å². The molecule has 0 aliphatic rings. The number of rotatable bonds is 0. The lowest BCUT2D eigenvalue weighted by Gasteiger charge is -2.20. The second-order valence-electron chi connectivity index (χ2n) is 8.97. The van der Waals surface area contributed by atoms with E-state index in [1.165, 1.54) is 6.33 Å². The molecular weight excluding hydrogens is 448 g/mol. The van der Waals surface area contributed by atoms with Crippen molar-refractivity contribution in [1.29, 1.82) is 0 Å². The summed E-state index contributed by atoms with van der Waals surface area (Å²) in [6.45, 7) is 13.5. The Balaban J connectivity index is 0.000000220. The molecule has 10 nitrogen and oxygen atoms in total. The molecule has 0 fully saturated rings. The summed E-state index contributed by atoms with van der Waals surface area (Å²) in [5, 5.41) is 0. The molecule has 0 saturated heterocycles. The number of nitrogens with two attached hydrogens (primary N) is 2.